The molecule has 5 rings (SSSR count). The van der Waals surface area contributed by atoms with E-state index in [0.717, 1.165) is 22.3 Å². The van der Waals surface area contributed by atoms with Crippen molar-refractivity contribution in [2.45, 2.75) is 19.9 Å². The molecule has 0 aliphatic carbocycles. The number of hydrogen-bond acceptors (Lipinski definition) is 6. The first-order chi connectivity index (χ1) is 16.5. The molecule has 4 aromatic rings. The fourth-order valence-electron chi connectivity index (χ4n) is 4.50. The minimum absolute atomic E-state index is 0.0647. The van der Waals surface area contributed by atoms with Gasteiger partial charge in [-0.1, -0.05) is 24.3 Å². The number of pyridine rings is 2. The number of hydrogen-bond donors (Lipinski definition) is 1. The second-order valence-electron chi connectivity index (χ2n) is 8.10. The Morgan fingerprint density at radius 1 is 1.12 bits per heavy atom. The second-order valence-corrected chi connectivity index (χ2v) is 8.10. The minimum Gasteiger partial charge on any atom is -0.462 e. The molecule has 34 heavy (non-hydrogen) atoms. The van der Waals surface area contributed by atoms with E-state index in [-0.39, 0.29) is 23.6 Å². The number of aromatic nitrogens is 2. The van der Waals surface area contributed by atoms with Crippen molar-refractivity contribution in [3.8, 4) is 11.1 Å². The van der Waals surface area contributed by atoms with Crippen LogP contribution in [0.15, 0.2) is 65.6 Å². The van der Waals surface area contributed by atoms with Gasteiger partial charge in [-0.2, -0.15) is 0 Å². The molecular weight excluding hydrogens is 437 g/mol. The van der Waals surface area contributed by atoms with Gasteiger partial charge in [0, 0.05) is 24.7 Å². The molecule has 7 nitrogen and oxygen atoms in total. The molecule has 3 heterocycles. The van der Waals surface area contributed by atoms with E-state index in [1.54, 1.807) is 25.1 Å². The molecule has 0 spiro atoms. The normalized spacial score (nSPS) is 13.1. The number of nitrogens with zero attached hydrogens (tertiary/aromatic N) is 3. The lowest BCUT2D eigenvalue weighted by molar-refractivity contribution is 0.0519. The van der Waals surface area contributed by atoms with Gasteiger partial charge in [0.2, 0.25) is 0 Å². The molecule has 172 valence electrons. The van der Waals surface area contributed by atoms with Gasteiger partial charge in [0.15, 0.2) is 11.2 Å². The fraction of sp³-hybridized carbons (Fsp3) is 0.192. The summed E-state index contributed by atoms with van der Waals surface area (Å²) in [5.74, 6) is -1.10. The smallest absolute Gasteiger partial charge is 0.346 e. The Balaban J connectivity index is 1.64. The number of halogens is 1. The van der Waals surface area contributed by atoms with Gasteiger partial charge in [-0.05, 0) is 65.9 Å². The molecule has 2 aromatic heterocycles. The van der Waals surface area contributed by atoms with Gasteiger partial charge in [-0.15, -0.1) is 4.73 Å². The summed E-state index contributed by atoms with van der Waals surface area (Å²) in [6.45, 7) is 2.72. The Labute approximate surface area is 194 Å². The van der Waals surface area contributed by atoms with Crippen LogP contribution in [0.4, 0.5) is 10.1 Å². The van der Waals surface area contributed by atoms with Crippen molar-refractivity contribution in [3.05, 3.63) is 93.7 Å². The third-order valence-electron chi connectivity index (χ3n) is 6.06. The highest BCUT2D eigenvalue weighted by molar-refractivity contribution is 6.04. The Bertz CT molecular complexity index is 1480. The first kappa shape index (κ1) is 21.6. The van der Waals surface area contributed by atoms with Gasteiger partial charge in [0.1, 0.15) is 5.82 Å². The maximum atomic E-state index is 13.8. The molecular formula is C26H22FN3O4. The summed E-state index contributed by atoms with van der Waals surface area (Å²) < 4.78 is 19.3. The van der Waals surface area contributed by atoms with Gasteiger partial charge in [-0.25, -0.2) is 14.2 Å². The van der Waals surface area contributed by atoms with Crippen LogP contribution in [0.1, 0.15) is 28.4 Å². The summed E-state index contributed by atoms with van der Waals surface area (Å²) in [5, 5.41) is 10.9. The number of anilines is 1. The Morgan fingerprint density at radius 3 is 2.74 bits per heavy atom. The van der Waals surface area contributed by atoms with Crippen molar-refractivity contribution in [3.63, 3.8) is 0 Å². The van der Waals surface area contributed by atoms with E-state index in [1.807, 2.05) is 29.2 Å². The van der Waals surface area contributed by atoms with Crippen LogP contribution in [0.3, 0.4) is 0 Å². The zero-order valence-corrected chi connectivity index (χ0v) is 18.5. The largest absolute Gasteiger partial charge is 0.462 e. The number of esters is 1. The highest BCUT2D eigenvalue weighted by Crippen LogP contribution is 2.34. The average molecular weight is 459 g/mol. The molecule has 0 saturated heterocycles. The SMILES string of the molecule is CCOC(=O)c1c(N2CCc3ccc(-c4cccc(F)c4)cc3C2)c2cccnc2n(O)c1=O. The first-order valence-corrected chi connectivity index (χ1v) is 11.0. The number of carbonyl (C=O) groups excluding carboxylic acids is 1. The number of fused-ring (bicyclic) bond motifs is 2. The molecule has 0 unspecified atom stereocenters. The van der Waals surface area contributed by atoms with Crippen LogP contribution in [0, 0.1) is 5.82 Å². The summed E-state index contributed by atoms with van der Waals surface area (Å²) in [5.41, 5.74) is 3.15. The monoisotopic (exact) mass is 459 g/mol. The Hall–Kier alpha value is -4.20. The molecule has 0 amide bonds. The van der Waals surface area contributed by atoms with Gasteiger partial charge in [0.05, 0.1) is 12.3 Å². The predicted molar refractivity (Wildman–Crippen MR) is 126 cm³/mol. The van der Waals surface area contributed by atoms with Crippen LogP contribution in [-0.4, -0.2) is 34.0 Å². The summed E-state index contributed by atoms with van der Waals surface area (Å²) in [7, 11) is 0. The number of carbonyl (C=O) groups is 1. The van der Waals surface area contributed by atoms with E-state index in [9.17, 15) is 19.2 Å². The molecule has 1 aliphatic heterocycles. The third-order valence-corrected chi connectivity index (χ3v) is 6.06. The molecule has 8 heteroatoms. The van der Waals surface area contributed by atoms with E-state index in [2.05, 4.69) is 4.98 Å². The van der Waals surface area contributed by atoms with Crippen LogP contribution in [-0.2, 0) is 17.7 Å². The van der Waals surface area contributed by atoms with Crippen LogP contribution >= 0.6 is 0 Å². The van der Waals surface area contributed by atoms with E-state index < -0.39 is 11.5 Å². The van der Waals surface area contributed by atoms with Crippen molar-refractivity contribution >= 4 is 22.7 Å². The molecule has 2 aromatic carbocycles. The van der Waals surface area contributed by atoms with E-state index in [0.29, 0.717) is 35.3 Å². The molecule has 0 fully saturated rings. The van der Waals surface area contributed by atoms with Gasteiger partial charge < -0.3 is 14.8 Å². The predicted octanol–water partition coefficient (Wildman–Crippen LogP) is 4.18. The average Bonchev–Trinajstić information content (AvgIpc) is 2.85. The van der Waals surface area contributed by atoms with Gasteiger partial charge in [0.25, 0.3) is 0 Å². The van der Waals surface area contributed by atoms with Crippen molar-refractivity contribution < 1.29 is 19.1 Å². The highest BCUT2D eigenvalue weighted by atomic mass is 19.1. The van der Waals surface area contributed by atoms with Crippen molar-refractivity contribution in [1.29, 1.82) is 0 Å². The third kappa shape index (κ3) is 3.67. The number of rotatable bonds is 4. The van der Waals surface area contributed by atoms with Crippen molar-refractivity contribution in [1.82, 2.24) is 9.71 Å². The standard InChI is InChI=1S/C26H22FN3O4/c1-2-34-26(32)22-23(21-7-4-11-28-24(21)30(33)25(22)31)29-12-10-16-8-9-18(13-19(16)15-29)17-5-3-6-20(27)14-17/h3-9,11,13-14,33H,2,10,12,15H2,1H3. The molecule has 0 radical (unpaired) electrons. The second kappa shape index (κ2) is 8.62. The van der Waals surface area contributed by atoms with Crippen molar-refractivity contribution in [2.24, 2.45) is 0 Å². The topological polar surface area (TPSA) is 84.7 Å². The van der Waals surface area contributed by atoms with E-state index >= 15 is 0 Å². The van der Waals surface area contributed by atoms with Crippen molar-refractivity contribution in [2.75, 3.05) is 18.1 Å². The van der Waals surface area contributed by atoms with E-state index in [1.165, 1.54) is 18.3 Å². The Kier molecular flexibility index (Phi) is 5.49. The van der Waals surface area contributed by atoms with Crippen LogP contribution in [0.25, 0.3) is 22.2 Å². The van der Waals surface area contributed by atoms with E-state index in [4.69, 9.17) is 4.74 Å². The lowest BCUT2D eigenvalue weighted by Gasteiger charge is -2.33. The highest BCUT2D eigenvalue weighted by Gasteiger charge is 2.29. The number of ether oxygens (including phenoxy) is 1. The molecule has 0 bridgehead atoms. The summed E-state index contributed by atoms with van der Waals surface area (Å²) >= 11 is 0. The zero-order valence-electron chi connectivity index (χ0n) is 18.5. The maximum Gasteiger partial charge on any atom is 0.346 e. The van der Waals surface area contributed by atoms with Crippen LogP contribution < -0.4 is 10.5 Å². The summed E-state index contributed by atoms with van der Waals surface area (Å²) in [6.07, 6.45) is 2.16. The van der Waals surface area contributed by atoms with Gasteiger partial charge >= 0.3 is 11.5 Å². The summed E-state index contributed by atoms with van der Waals surface area (Å²) in [6, 6.07) is 15.8. The summed E-state index contributed by atoms with van der Waals surface area (Å²) in [4.78, 5) is 31.9. The quantitative estimate of drug-likeness (QED) is 0.364. The Morgan fingerprint density at radius 2 is 1.94 bits per heavy atom. The molecule has 0 saturated carbocycles. The first-order valence-electron chi connectivity index (χ1n) is 11.0. The number of benzene rings is 2. The van der Waals surface area contributed by atoms with Crippen LogP contribution in [0.5, 0.6) is 0 Å². The molecule has 1 N–H and O–H groups in total. The van der Waals surface area contributed by atoms with Crippen LogP contribution in [0.2, 0.25) is 0 Å². The minimum atomic E-state index is -0.876. The van der Waals surface area contributed by atoms with Gasteiger partial charge in [-0.3, -0.25) is 4.79 Å². The lowest BCUT2D eigenvalue weighted by Crippen LogP contribution is -2.36. The zero-order chi connectivity index (χ0) is 23.8. The fourth-order valence-corrected chi connectivity index (χ4v) is 4.50. The molecule has 0 atom stereocenters. The molecule has 1 aliphatic rings. The maximum absolute atomic E-state index is 13.8. The lowest BCUT2D eigenvalue weighted by atomic mass is 9.94.